The average molecular weight is 476 g/mol. The van der Waals surface area contributed by atoms with Gasteiger partial charge in [0.1, 0.15) is 5.82 Å². The molecule has 3 aromatic carbocycles. The monoisotopic (exact) mass is 475 g/mol. The van der Waals surface area contributed by atoms with Crippen molar-refractivity contribution in [2.45, 2.75) is 36.9 Å². The fourth-order valence-electron chi connectivity index (χ4n) is 4.80. The zero-order chi connectivity index (χ0) is 24.1. The van der Waals surface area contributed by atoms with Gasteiger partial charge >= 0.3 is 6.03 Å². The molecule has 2 aliphatic rings. The van der Waals surface area contributed by atoms with Crippen molar-refractivity contribution < 1.29 is 14.0 Å². The number of amides is 3. The van der Waals surface area contributed by atoms with Crippen molar-refractivity contribution in [3.8, 4) is 0 Å². The highest BCUT2D eigenvalue weighted by Gasteiger charge is 2.63. The van der Waals surface area contributed by atoms with E-state index in [9.17, 15) is 14.0 Å². The number of nitrogens with zero attached hydrogens (tertiary/aromatic N) is 2. The third kappa shape index (κ3) is 3.74. The molecule has 0 bridgehead atoms. The molecule has 174 valence electrons. The van der Waals surface area contributed by atoms with Crippen LogP contribution in [0.3, 0.4) is 0 Å². The fourth-order valence-corrected chi connectivity index (χ4v) is 6.53. The van der Waals surface area contributed by atoms with Gasteiger partial charge in [-0.05, 0) is 62.2 Å². The third-order valence-electron chi connectivity index (χ3n) is 6.21. The molecule has 5 rings (SSSR count). The van der Waals surface area contributed by atoms with Gasteiger partial charge in [0, 0.05) is 22.5 Å². The van der Waals surface area contributed by atoms with E-state index >= 15 is 0 Å². The third-order valence-corrected chi connectivity index (χ3v) is 7.80. The number of anilines is 2. The Kier molecular flexibility index (Phi) is 5.40. The minimum Gasteiger partial charge on any atom is -0.308 e. The van der Waals surface area contributed by atoms with E-state index < -0.39 is 4.87 Å². The number of rotatable bonds is 3. The number of hydrogen-bond donors (Lipinski definition) is 1. The van der Waals surface area contributed by atoms with Gasteiger partial charge in [0.2, 0.25) is 0 Å². The first-order valence-electron chi connectivity index (χ1n) is 11.2. The summed E-state index contributed by atoms with van der Waals surface area (Å²) in [6.45, 7) is 6.79. The first-order chi connectivity index (χ1) is 16.2. The second kappa shape index (κ2) is 8.17. The molecule has 3 aromatic rings. The van der Waals surface area contributed by atoms with Crippen LogP contribution in [0.1, 0.15) is 30.5 Å². The zero-order valence-corrected chi connectivity index (χ0v) is 20.2. The Morgan fingerprint density at radius 1 is 1.06 bits per heavy atom. The summed E-state index contributed by atoms with van der Waals surface area (Å²) in [6.07, 6.45) is 0. The molecule has 2 heterocycles. The Morgan fingerprint density at radius 2 is 1.79 bits per heavy atom. The van der Waals surface area contributed by atoms with E-state index in [1.165, 1.54) is 23.9 Å². The Hall–Kier alpha value is -3.32. The summed E-state index contributed by atoms with van der Waals surface area (Å²) in [5.41, 5.74) is 4.13. The van der Waals surface area contributed by atoms with E-state index in [2.05, 4.69) is 19.2 Å². The van der Waals surface area contributed by atoms with Gasteiger partial charge < -0.3 is 10.2 Å². The lowest BCUT2D eigenvalue weighted by molar-refractivity contribution is -0.123. The Morgan fingerprint density at radius 3 is 2.53 bits per heavy atom. The van der Waals surface area contributed by atoms with Crippen molar-refractivity contribution in [2.24, 2.45) is 0 Å². The predicted molar refractivity (Wildman–Crippen MR) is 134 cm³/mol. The Bertz CT molecular complexity index is 1280. The first-order valence-corrected chi connectivity index (χ1v) is 12.0. The summed E-state index contributed by atoms with van der Waals surface area (Å²) in [7, 11) is 0. The molecule has 2 aliphatic heterocycles. The molecule has 7 heteroatoms. The second-order valence-electron chi connectivity index (χ2n) is 9.43. The summed E-state index contributed by atoms with van der Waals surface area (Å²) < 4.78 is 13.1. The molecule has 0 saturated carbocycles. The van der Waals surface area contributed by atoms with Crippen LogP contribution in [0.2, 0.25) is 0 Å². The SMILES string of the molecule is Cc1cccc(NC(=O)N2CC(C)(C)S[C@@]23C(=O)N(Cc2ccc(F)cc2)c2ccccc23)c1. The van der Waals surface area contributed by atoms with E-state index in [4.69, 9.17) is 0 Å². The minimum absolute atomic E-state index is 0.159. The number of hydrogen-bond acceptors (Lipinski definition) is 3. The van der Waals surface area contributed by atoms with Crippen LogP contribution in [0.5, 0.6) is 0 Å². The van der Waals surface area contributed by atoms with Gasteiger partial charge in [0.05, 0.1) is 12.2 Å². The van der Waals surface area contributed by atoms with Gasteiger partial charge in [-0.25, -0.2) is 9.18 Å². The highest BCUT2D eigenvalue weighted by molar-refractivity contribution is 8.02. The van der Waals surface area contributed by atoms with Gasteiger partial charge in [-0.15, -0.1) is 11.8 Å². The van der Waals surface area contributed by atoms with Crippen LogP contribution >= 0.6 is 11.8 Å². The molecule has 1 N–H and O–H groups in total. The van der Waals surface area contributed by atoms with Crippen molar-refractivity contribution in [1.82, 2.24) is 4.90 Å². The van der Waals surface area contributed by atoms with Gasteiger partial charge in [-0.3, -0.25) is 9.69 Å². The topological polar surface area (TPSA) is 52.7 Å². The van der Waals surface area contributed by atoms with Crippen LogP contribution < -0.4 is 10.2 Å². The standard InChI is InChI=1S/C27H26FN3O2S/c1-18-7-6-8-21(15-18)29-25(33)31-17-26(2,3)34-27(31)22-9-4-5-10-23(22)30(24(27)32)16-19-11-13-20(28)14-12-19/h4-15H,16-17H2,1-3H3,(H,29,33)/t27-/m0/s1. The summed E-state index contributed by atoms with van der Waals surface area (Å²) in [5, 5.41) is 3.00. The number of halogens is 1. The van der Waals surface area contributed by atoms with Crippen molar-refractivity contribution in [2.75, 3.05) is 16.8 Å². The zero-order valence-electron chi connectivity index (χ0n) is 19.3. The van der Waals surface area contributed by atoms with Gasteiger partial charge in [-0.1, -0.05) is 42.5 Å². The van der Waals surface area contributed by atoms with E-state index in [1.54, 1.807) is 21.9 Å². The molecule has 0 aliphatic carbocycles. The number of aryl methyl sites for hydroxylation is 1. The molecule has 5 nitrogen and oxygen atoms in total. The Balaban J connectivity index is 1.55. The molecular weight excluding hydrogens is 449 g/mol. The number of nitrogens with one attached hydrogen (secondary N) is 1. The highest BCUT2D eigenvalue weighted by atomic mass is 32.2. The second-order valence-corrected chi connectivity index (χ2v) is 11.3. The maximum Gasteiger partial charge on any atom is 0.323 e. The number of carbonyl (C=O) groups excluding carboxylic acids is 2. The molecule has 1 fully saturated rings. The van der Waals surface area contributed by atoms with E-state index in [-0.39, 0.29) is 22.5 Å². The summed E-state index contributed by atoms with van der Waals surface area (Å²) >= 11 is 1.51. The normalized spacial score (nSPS) is 20.6. The Labute approximate surface area is 202 Å². The lowest BCUT2D eigenvalue weighted by Crippen LogP contribution is -2.51. The van der Waals surface area contributed by atoms with Crippen LogP contribution in [-0.2, 0) is 16.2 Å². The van der Waals surface area contributed by atoms with Gasteiger partial charge in [-0.2, -0.15) is 0 Å². The van der Waals surface area contributed by atoms with E-state index in [0.29, 0.717) is 18.8 Å². The lowest BCUT2D eigenvalue weighted by atomic mass is 10.0. The number of fused-ring (bicyclic) bond motifs is 2. The molecule has 1 saturated heterocycles. The fraction of sp³-hybridized carbons (Fsp3) is 0.259. The van der Waals surface area contributed by atoms with Gasteiger partial charge in [0.25, 0.3) is 5.91 Å². The molecular formula is C27H26FN3O2S. The molecule has 3 amide bonds. The molecule has 0 aromatic heterocycles. The molecule has 0 unspecified atom stereocenters. The van der Waals surface area contributed by atoms with Crippen molar-refractivity contribution >= 4 is 35.1 Å². The van der Waals surface area contributed by atoms with Crippen molar-refractivity contribution in [3.05, 3.63) is 95.3 Å². The van der Waals surface area contributed by atoms with Crippen LogP contribution in [0.15, 0.2) is 72.8 Å². The first kappa shape index (κ1) is 22.5. The quantitative estimate of drug-likeness (QED) is 0.514. The average Bonchev–Trinajstić information content (AvgIpc) is 3.22. The number of carbonyl (C=O) groups is 2. The van der Waals surface area contributed by atoms with E-state index in [0.717, 1.165) is 22.4 Å². The van der Waals surface area contributed by atoms with E-state index in [1.807, 2.05) is 55.5 Å². The summed E-state index contributed by atoms with van der Waals surface area (Å²) in [6, 6.07) is 21.1. The molecule has 0 radical (unpaired) electrons. The minimum atomic E-state index is -1.17. The number of thioether (sulfide) groups is 1. The molecule has 1 atom stereocenters. The highest BCUT2D eigenvalue weighted by Crippen LogP contribution is 2.59. The van der Waals surface area contributed by atoms with Crippen LogP contribution in [0.25, 0.3) is 0 Å². The maximum absolute atomic E-state index is 14.2. The van der Waals surface area contributed by atoms with Crippen LogP contribution in [0.4, 0.5) is 20.6 Å². The van der Waals surface area contributed by atoms with Crippen molar-refractivity contribution in [1.29, 1.82) is 0 Å². The summed E-state index contributed by atoms with van der Waals surface area (Å²) in [5.74, 6) is -0.478. The lowest BCUT2D eigenvalue weighted by Gasteiger charge is -2.33. The number of para-hydroxylation sites is 1. The molecule has 34 heavy (non-hydrogen) atoms. The smallest absolute Gasteiger partial charge is 0.308 e. The number of urea groups is 1. The van der Waals surface area contributed by atoms with Crippen LogP contribution in [-0.4, -0.2) is 28.1 Å². The predicted octanol–water partition coefficient (Wildman–Crippen LogP) is 5.89. The van der Waals surface area contributed by atoms with Gasteiger partial charge in [0.15, 0.2) is 4.87 Å². The largest absolute Gasteiger partial charge is 0.323 e. The van der Waals surface area contributed by atoms with Crippen molar-refractivity contribution in [3.63, 3.8) is 0 Å². The maximum atomic E-state index is 14.2. The summed E-state index contributed by atoms with van der Waals surface area (Å²) in [4.78, 5) is 30.0. The number of benzene rings is 3. The molecule has 1 spiro atoms. The van der Waals surface area contributed by atoms with Crippen LogP contribution in [0, 0.1) is 12.7 Å².